The molecule has 2 aromatic carbocycles. The van der Waals surface area contributed by atoms with Crippen LogP contribution in [0, 0.1) is 13.8 Å². The largest absolute Gasteiger partial charge is 0.496 e. The second-order valence-corrected chi connectivity index (χ2v) is 5.96. The van der Waals surface area contributed by atoms with Crippen LogP contribution >= 0.6 is 27.5 Å². The van der Waals surface area contributed by atoms with Gasteiger partial charge in [0.05, 0.1) is 11.9 Å². The van der Waals surface area contributed by atoms with Gasteiger partial charge >= 0.3 is 0 Å². The maximum atomic E-state index is 6.00. The second-order valence-electron chi connectivity index (χ2n) is 4.61. The first-order valence-corrected chi connectivity index (χ1v) is 7.37. The van der Waals surface area contributed by atoms with Crippen LogP contribution in [-0.4, -0.2) is 7.11 Å². The van der Waals surface area contributed by atoms with Crippen LogP contribution in [0.15, 0.2) is 36.4 Å². The van der Waals surface area contributed by atoms with Crippen LogP contribution in [0.1, 0.15) is 27.1 Å². The van der Waals surface area contributed by atoms with Crippen LogP contribution in [0.4, 0.5) is 0 Å². The first-order valence-electron chi connectivity index (χ1n) is 6.07. The van der Waals surface area contributed by atoms with E-state index in [-0.39, 0.29) is 4.83 Å². The molecule has 0 bridgehead atoms. The molecule has 2 rings (SSSR count). The van der Waals surface area contributed by atoms with Crippen LogP contribution in [0.3, 0.4) is 0 Å². The van der Waals surface area contributed by atoms with Gasteiger partial charge in [0, 0.05) is 10.6 Å². The summed E-state index contributed by atoms with van der Waals surface area (Å²) in [6.45, 7) is 4.22. The molecule has 0 saturated carbocycles. The Balaban J connectivity index is 2.46. The molecular formula is C16H16BrClO. The summed E-state index contributed by atoms with van der Waals surface area (Å²) in [6.07, 6.45) is 0. The lowest BCUT2D eigenvalue weighted by molar-refractivity contribution is 0.410. The van der Waals surface area contributed by atoms with E-state index in [1.807, 2.05) is 18.2 Å². The number of rotatable bonds is 3. The van der Waals surface area contributed by atoms with Gasteiger partial charge in [-0.1, -0.05) is 57.4 Å². The number of benzene rings is 2. The van der Waals surface area contributed by atoms with Crippen molar-refractivity contribution in [1.82, 2.24) is 0 Å². The van der Waals surface area contributed by atoms with Gasteiger partial charge in [0.25, 0.3) is 0 Å². The monoisotopic (exact) mass is 338 g/mol. The van der Waals surface area contributed by atoms with Gasteiger partial charge in [0.1, 0.15) is 5.75 Å². The zero-order valence-electron chi connectivity index (χ0n) is 11.2. The Hall–Kier alpha value is -0.990. The van der Waals surface area contributed by atoms with Gasteiger partial charge in [0.2, 0.25) is 0 Å². The number of methoxy groups -OCH3 is 1. The van der Waals surface area contributed by atoms with Crippen LogP contribution < -0.4 is 4.74 Å². The SMILES string of the molecule is COc1cc(Cl)ccc1C(Br)c1ccc(C)cc1C. The van der Waals surface area contributed by atoms with E-state index in [4.69, 9.17) is 16.3 Å². The Morgan fingerprint density at radius 1 is 1.05 bits per heavy atom. The molecule has 0 heterocycles. The summed E-state index contributed by atoms with van der Waals surface area (Å²) in [4.78, 5) is 0.0975. The molecule has 19 heavy (non-hydrogen) atoms. The van der Waals surface area contributed by atoms with Gasteiger partial charge in [-0.2, -0.15) is 0 Å². The topological polar surface area (TPSA) is 9.23 Å². The zero-order chi connectivity index (χ0) is 14.0. The molecule has 1 nitrogen and oxygen atoms in total. The van der Waals surface area contributed by atoms with Crippen molar-refractivity contribution in [3.05, 3.63) is 63.7 Å². The third-order valence-corrected chi connectivity index (χ3v) is 4.39. The summed E-state index contributed by atoms with van der Waals surface area (Å²) in [5.41, 5.74) is 4.85. The highest BCUT2D eigenvalue weighted by Crippen LogP contribution is 2.39. The lowest BCUT2D eigenvalue weighted by Crippen LogP contribution is -1.99. The molecule has 0 aliphatic carbocycles. The third kappa shape index (κ3) is 3.13. The van der Waals surface area contributed by atoms with Gasteiger partial charge in [-0.15, -0.1) is 0 Å². The van der Waals surface area contributed by atoms with Gasteiger partial charge in [-0.3, -0.25) is 0 Å². The molecule has 0 fully saturated rings. The molecule has 1 atom stereocenters. The first kappa shape index (κ1) is 14.4. The fourth-order valence-corrected chi connectivity index (χ4v) is 3.23. The molecule has 0 spiro atoms. The molecule has 0 saturated heterocycles. The van der Waals surface area contributed by atoms with Crippen LogP contribution in [0.2, 0.25) is 5.02 Å². The maximum Gasteiger partial charge on any atom is 0.125 e. The quantitative estimate of drug-likeness (QED) is 0.676. The Bertz CT molecular complexity index is 595. The number of hydrogen-bond acceptors (Lipinski definition) is 1. The lowest BCUT2D eigenvalue weighted by atomic mass is 9.98. The summed E-state index contributed by atoms with van der Waals surface area (Å²) in [7, 11) is 1.66. The summed E-state index contributed by atoms with van der Waals surface area (Å²) < 4.78 is 5.42. The third-order valence-electron chi connectivity index (χ3n) is 3.17. The van der Waals surface area contributed by atoms with E-state index in [1.54, 1.807) is 7.11 Å². The highest BCUT2D eigenvalue weighted by Gasteiger charge is 2.17. The molecular weight excluding hydrogens is 324 g/mol. The smallest absolute Gasteiger partial charge is 0.125 e. The van der Waals surface area contributed by atoms with E-state index in [2.05, 4.69) is 48.0 Å². The summed E-state index contributed by atoms with van der Waals surface area (Å²) in [6, 6.07) is 12.2. The molecule has 1 unspecified atom stereocenters. The van der Waals surface area contributed by atoms with E-state index in [9.17, 15) is 0 Å². The van der Waals surface area contributed by atoms with Crippen molar-refractivity contribution in [2.24, 2.45) is 0 Å². The standard InChI is InChI=1S/C16H16BrClO/c1-10-4-6-13(11(2)8-10)16(17)14-7-5-12(18)9-15(14)19-3/h4-9,16H,1-3H3. The van der Waals surface area contributed by atoms with E-state index in [1.165, 1.54) is 16.7 Å². The molecule has 3 heteroatoms. The van der Waals surface area contributed by atoms with E-state index in [0.717, 1.165) is 11.3 Å². The van der Waals surface area contributed by atoms with E-state index >= 15 is 0 Å². The predicted octanol–water partition coefficient (Wildman–Crippen LogP) is 5.45. The minimum absolute atomic E-state index is 0.0975. The van der Waals surface area contributed by atoms with Crippen molar-refractivity contribution in [2.45, 2.75) is 18.7 Å². The van der Waals surface area contributed by atoms with E-state index < -0.39 is 0 Å². The maximum absolute atomic E-state index is 6.00. The van der Waals surface area contributed by atoms with Crippen LogP contribution in [0.25, 0.3) is 0 Å². The lowest BCUT2D eigenvalue weighted by Gasteiger charge is -2.17. The Morgan fingerprint density at radius 3 is 2.37 bits per heavy atom. The minimum atomic E-state index is 0.0975. The van der Waals surface area contributed by atoms with Gasteiger partial charge < -0.3 is 4.74 Å². The average molecular weight is 340 g/mol. The van der Waals surface area contributed by atoms with Gasteiger partial charge in [-0.05, 0) is 37.1 Å². The van der Waals surface area contributed by atoms with Crippen LogP contribution in [-0.2, 0) is 0 Å². The van der Waals surface area contributed by atoms with E-state index in [0.29, 0.717) is 5.02 Å². The average Bonchev–Trinajstić information content (AvgIpc) is 2.37. The number of aryl methyl sites for hydroxylation is 2. The predicted molar refractivity (Wildman–Crippen MR) is 84.7 cm³/mol. The molecule has 0 aromatic heterocycles. The Kier molecular flexibility index (Phi) is 4.54. The summed E-state index contributed by atoms with van der Waals surface area (Å²) >= 11 is 9.77. The molecule has 0 aliphatic heterocycles. The van der Waals surface area contributed by atoms with Crippen LogP contribution in [0.5, 0.6) is 5.75 Å². The molecule has 0 radical (unpaired) electrons. The molecule has 100 valence electrons. The number of hydrogen-bond donors (Lipinski definition) is 0. The Morgan fingerprint density at radius 2 is 1.74 bits per heavy atom. The molecule has 2 aromatic rings. The van der Waals surface area contributed by atoms with Crippen molar-refractivity contribution in [3.8, 4) is 5.75 Å². The fraction of sp³-hybridized carbons (Fsp3) is 0.250. The van der Waals surface area contributed by atoms with Crippen molar-refractivity contribution < 1.29 is 4.74 Å². The normalized spacial score (nSPS) is 12.3. The van der Waals surface area contributed by atoms with Crippen molar-refractivity contribution in [2.75, 3.05) is 7.11 Å². The van der Waals surface area contributed by atoms with Gasteiger partial charge in [-0.25, -0.2) is 0 Å². The van der Waals surface area contributed by atoms with Gasteiger partial charge in [0.15, 0.2) is 0 Å². The Labute approximate surface area is 127 Å². The second kappa shape index (κ2) is 5.98. The molecule has 0 amide bonds. The zero-order valence-corrected chi connectivity index (χ0v) is 13.5. The fourth-order valence-electron chi connectivity index (χ4n) is 2.17. The van der Waals surface area contributed by atoms with Crippen molar-refractivity contribution in [1.29, 1.82) is 0 Å². The highest BCUT2D eigenvalue weighted by molar-refractivity contribution is 9.09. The summed E-state index contributed by atoms with van der Waals surface area (Å²) in [5, 5.41) is 0.681. The number of ether oxygens (including phenoxy) is 1. The minimum Gasteiger partial charge on any atom is -0.496 e. The highest BCUT2D eigenvalue weighted by atomic mass is 79.9. The van der Waals surface area contributed by atoms with Crippen molar-refractivity contribution >= 4 is 27.5 Å². The van der Waals surface area contributed by atoms with Crippen molar-refractivity contribution in [3.63, 3.8) is 0 Å². The molecule has 0 N–H and O–H groups in total. The summed E-state index contributed by atoms with van der Waals surface area (Å²) in [5.74, 6) is 0.800. The first-order chi connectivity index (χ1) is 9.02. The number of alkyl halides is 1. The molecule has 0 aliphatic rings. The number of halogens is 2.